The number of hydrogen-bond acceptors (Lipinski definition) is 8. The number of nitrogens with one attached hydrogen (secondary N) is 3. The quantitative estimate of drug-likeness (QED) is 0.398. The number of nitrogens with zero attached hydrogens (tertiary/aromatic N) is 5. The van der Waals surface area contributed by atoms with Crippen LogP contribution < -0.4 is 16.1 Å². The lowest BCUT2D eigenvalue weighted by molar-refractivity contribution is -0.164. The van der Waals surface area contributed by atoms with Crippen molar-refractivity contribution in [3.63, 3.8) is 0 Å². The number of carbonyl (C=O) groups excluding carboxylic acids is 7. The molecule has 3 fully saturated rings. The van der Waals surface area contributed by atoms with E-state index in [1.807, 2.05) is 67.6 Å². The Bertz CT molecular complexity index is 1810. The van der Waals surface area contributed by atoms with Crippen LogP contribution in [0, 0.1) is 5.92 Å². The van der Waals surface area contributed by atoms with Crippen LogP contribution in [-0.2, 0) is 46.4 Å². The molecule has 2 aromatic carbocycles. The van der Waals surface area contributed by atoms with Gasteiger partial charge in [-0.3, -0.25) is 39.0 Å². The van der Waals surface area contributed by atoms with Crippen molar-refractivity contribution in [3.8, 4) is 0 Å². The van der Waals surface area contributed by atoms with Gasteiger partial charge in [0.25, 0.3) is 11.8 Å². The van der Waals surface area contributed by atoms with Gasteiger partial charge in [0, 0.05) is 39.1 Å². The van der Waals surface area contributed by atoms with E-state index in [2.05, 4.69) is 21.2 Å². The van der Waals surface area contributed by atoms with Gasteiger partial charge in [-0.2, -0.15) is 5.10 Å². The van der Waals surface area contributed by atoms with Crippen LogP contribution >= 0.6 is 0 Å². The Hall–Kier alpha value is -5.60. The smallest absolute Gasteiger partial charge is 0.266 e. The highest BCUT2D eigenvalue weighted by Crippen LogP contribution is 2.26. The van der Waals surface area contributed by atoms with Gasteiger partial charge in [0.2, 0.25) is 29.5 Å². The molecule has 0 bridgehead atoms. The molecule has 0 aliphatic carbocycles. The van der Waals surface area contributed by atoms with E-state index in [9.17, 15) is 33.6 Å². The van der Waals surface area contributed by atoms with E-state index in [-0.39, 0.29) is 38.6 Å². The molecule has 6 rings (SSSR count). The summed E-state index contributed by atoms with van der Waals surface area (Å²) in [4.78, 5) is 102. The summed E-state index contributed by atoms with van der Waals surface area (Å²) >= 11 is 0. The third kappa shape index (κ3) is 8.55. The molecule has 7 amide bonds. The Morgan fingerprint density at radius 1 is 0.745 bits per heavy atom. The summed E-state index contributed by atoms with van der Waals surface area (Å²) in [7, 11) is 1.49. The first-order valence-electron chi connectivity index (χ1n) is 19.2. The molecule has 0 unspecified atom stereocenters. The van der Waals surface area contributed by atoms with Crippen molar-refractivity contribution in [2.75, 3.05) is 13.6 Å². The highest BCUT2D eigenvalue weighted by molar-refractivity contribution is 6.00. The van der Waals surface area contributed by atoms with E-state index in [1.165, 1.54) is 23.1 Å². The van der Waals surface area contributed by atoms with Crippen LogP contribution in [0.15, 0.2) is 65.8 Å². The third-order valence-corrected chi connectivity index (χ3v) is 11.2. The summed E-state index contributed by atoms with van der Waals surface area (Å²) in [5, 5.41) is 12.2. The van der Waals surface area contributed by atoms with Gasteiger partial charge < -0.3 is 20.4 Å². The van der Waals surface area contributed by atoms with Gasteiger partial charge in [-0.1, -0.05) is 80.9 Å². The summed E-state index contributed by atoms with van der Waals surface area (Å²) in [5.74, 6) is -4.38. The lowest BCUT2D eigenvalue weighted by Gasteiger charge is -2.42. The molecule has 0 spiro atoms. The van der Waals surface area contributed by atoms with Crippen LogP contribution in [0.2, 0.25) is 0 Å². The number of benzene rings is 2. The van der Waals surface area contributed by atoms with Crippen molar-refractivity contribution in [3.05, 3.63) is 71.8 Å². The van der Waals surface area contributed by atoms with Crippen LogP contribution in [0.4, 0.5) is 0 Å². The zero-order valence-corrected chi connectivity index (χ0v) is 31.6. The van der Waals surface area contributed by atoms with Crippen LogP contribution in [0.3, 0.4) is 0 Å². The fourth-order valence-corrected chi connectivity index (χ4v) is 7.80. The highest BCUT2D eigenvalue weighted by Gasteiger charge is 2.47. The summed E-state index contributed by atoms with van der Waals surface area (Å²) in [6, 6.07) is 11.7. The molecule has 292 valence electrons. The van der Waals surface area contributed by atoms with Gasteiger partial charge in [-0.05, 0) is 49.1 Å². The van der Waals surface area contributed by atoms with Crippen molar-refractivity contribution in [2.24, 2.45) is 11.0 Å². The minimum absolute atomic E-state index is 0.0139. The van der Waals surface area contributed by atoms with Crippen molar-refractivity contribution < 1.29 is 33.6 Å². The number of rotatable bonds is 6. The van der Waals surface area contributed by atoms with Crippen molar-refractivity contribution in [1.29, 1.82) is 0 Å². The molecule has 3 N–H and O–H groups in total. The summed E-state index contributed by atoms with van der Waals surface area (Å²) in [6.07, 6.45) is 3.52. The predicted molar refractivity (Wildman–Crippen MR) is 201 cm³/mol. The second kappa shape index (κ2) is 17.2. The first-order chi connectivity index (χ1) is 26.5. The Kier molecular flexibility index (Phi) is 12.3. The number of amides is 7. The van der Waals surface area contributed by atoms with Crippen LogP contribution in [0.25, 0.3) is 0 Å². The van der Waals surface area contributed by atoms with Crippen LogP contribution in [-0.4, -0.2) is 117 Å². The zero-order valence-electron chi connectivity index (χ0n) is 31.6. The minimum atomic E-state index is -1.20. The van der Waals surface area contributed by atoms with Gasteiger partial charge >= 0.3 is 0 Å². The van der Waals surface area contributed by atoms with E-state index in [1.54, 1.807) is 6.92 Å². The molecule has 15 nitrogen and oxygen atoms in total. The molecular formula is C40H50N8O7. The molecule has 55 heavy (non-hydrogen) atoms. The fourth-order valence-electron chi connectivity index (χ4n) is 7.80. The van der Waals surface area contributed by atoms with E-state index in [0.717, 1.165) is 21.1 Å². The number of likely N-dealkylation sites (N-methyl/N-ethyl adjacent to an activating group) is 1. The number of hydrogen-bond donors (Lipinski definition) is 3. The summed E-state index contributed by atoms with van der Waals surface area (Å²) in [5.41, 5.74) is 4.12. The Morgan fingerprint density at radius 2 is 1.42 bits per heavy atom. The fraction of sp³-hybridized carbons (Fsp3) is 0.500. The highest BCUT2D eigenvalue weighted by atomic mass is 16.2. The molecule has 0 radical (unpaired) electrons. The Labute approximate surface area is 320 Å². The third-order valence-electron chi connectivity index (χ3n) is 11.2. The number of fused-ring (bicyclic) bond motifs is 3. The number of hydrazone groups is 1. The molecule has 7 atom stereocenters. The number of carbonyl (C=O) groups is 7. The molecule has 4 aliphatic rings. The van der Waals surface area contributed by atoms with E-state index >= 15 is 0 Å². The molecule has 3 saturated heterocycles. The minimum Gasteiger partial charge on any atom is -0.342 e. The summed E-state index contributed by atoms with van der Waals surface area (Å²) < 4.78 is 0. The van der Waals surface area contributed by atoms with Crippen LogP contribution in [0.5, 0.6) is 0 Å². The van der Waals surface area contributed by atoms with Gasteiger partial charge in [-0.15, -0.1) is 0 Å². The van der Waals surface area contributed by atoms with E-state index in [0.29, 0.717) is 25.7 Å². The molecule has 0 saturated carbocycles. The maximum atomic E-state index is 14.7. The molecular weight excluding hydrogens is 704 g/mol. The molecule has 15 heteroatoms. The van der Waals surface area contributed by atoms with Crippen LogP contribution in [0.1, 0.15) is 69.9 Å². The average molecular weight is 755 g/mol. The second-order valence-corrected chi connectivity index (χ2v) is 14.8. The maximum absolute atomic E-state index is 14.7. The normalized spacial score (nSPS) is 27.7. The SMILES string of the molecule is CC[C@@H](C)[C@@H]1NC(=O)[C@@H](Cc2ccccc2)NC(=O)[C@@H]2CCCN2C(=O)[C@@H](Cc2ccccc2)N(C)C(=O)[C@@H]2CCC(=O)NN2C(=O)[C@H]2CCC=NN2C1=O. The summed E-state index contributed by atoms with van der Waals surface area (Å²) in [6.45, 7) is 3.92. The van der Waals surface area contributed by atoms with Crippen molar-refractivity contribution in [2.45, 2.75) is 108 Å². The van der Waals surface area contributed by atoms with E-state index < -0.39 is 83.5 Å². The largest absolute Gasteiger partial charge is 0.342 e. The predicted octanol–water partition coefficient (Wildman–Crippen LogP) is 1.32. The standard InChI is InChI=1S/C40H50N8O7/c1-4-25(2)34-40(55)47-30(17-11-21-41-47)39(54)48-31(19-20-33(49)44-48)37(52)45(3)32(24-27-15-9-6-10-16-27)38(53)46-22-12-18-29(46)36(51)42-28(35(50)43-34)23-26-13-7-5-8-14-26/h5-10,13-16,21,25,28-32,34H,4,11-12,17-20,22-24H2,1-3H3,(H,42,51)(H,43,50)(H,44,49)/t25-,28-,29+,30-,31+,32-,34+/m1/s1. The monoisotopic (exact) mass is 754 g/mol. The average Bonchev–Trinajstić information content (AvgIpc) is 3.71. The molecule has 0 aromatic heterocycles. The first kappa shape index (κ1) is 39.1. The number of hydrazine groups is 1. The zero-order chi connectivity index (χ0) is 39.2. The van der Waals surface area contributed by atoms with Crippen molar-refractivity contribution >= 4 is 47.6 Å². The molecule has 4 heterocycles. The Morgan fingerprint density at radius 3 is 2.09 bits per heavy atom. The van der Waals surface area contributed by atoms with Gasteiger partial charge in [0.15, 0.2) is 0 Å². The topological polar surface area (TPSA) is 181 Å². The van der Waals surface area contributed by atoms with Gasteiger partial charge in [0.05, 0.1) is 0 Å². The molecule has 2 aromatic rings. The second-order valence-electron chi connectivity index (χ2n) is 14.8. The Balaban J connectivity index is 1.44. The van der Waals surface area contributed by atoms with Gasteiger partial charge in [0.1, 0.15) is 36.3 Å². The van der Waals surface area contributed by atoms with Crippen molar-refractivity contribution in [1.82, 2.24) is 35.9 Å². The lowest BCUT2D eigenvalue weighted by atomic mass is 9.95. The molecule has 4 aliphatic heterocycles. The maximum Gasteiger partial charge on any atom is 0.266 e. The van der Waals surface area contributed by atoms with Gasteiger partial charge in [-0.25, -0.2) is 10.0 Å². The lowest BCUT2D eigenvalue weighted by Crippen LogP contribution is -2.67. The van der Waals surface area contributed by atoms with E-state index in [4.69, 9.17) is 0 Å². The first-order valence-corrected chi connectivity index (χ1v) is 19.2.